The first-order valence-electron chi connectivity index (χ1n) is 8.63. The average Bonchev–Trinajstić information content (AvgIpc) is 2.70. The Hall–Kier alpha value is -3.38. The number of benzene rings is 2. The Morgan fingerprint density at radius 2 is 1.79 bits per heavy atom. The highest BCUT2D eigenvalue weighted by atomic mass is 35.5. The number of aromatic nitrogens is 1. The summed E-state index contributed by atoms with van der Waals surface area (Å²) >= 11 is 5.83. The van der Waals surface area contributed by atoms with Crippen molar-refractivity contribution in [3.8, 4) is 0 Å². The minimum atomic E-state index is -0.398. The molecule has 0 spiro atoms. The summed E-state index contributed by atoms with van der Waals surface area (Å²) in [5, 5.41) is 6.42. The van der Waals surface area contributed by atoms with Gasteiger partial charge in [0.15, 0.2) is 0 Å². The number of anilines is 3. The third-order valence-electron chi connectivity index (χ3n) is 3.81. The number of hydrogen-bond acceptors (Lipinski definition) is 5. The van der Waals surface area contributed by atoms with E-state index in [1.54, 1.807) is 67.7 Å². The molecule has 7 heteroatoms. The summed E-state index contributed by atoms with van der Waals surface area (Å²) in [4.78, 5) is 28.5. The molecule has 28 heavy (non-hydrogen) atoms. The zero-order valence-corrected chi connectivity index (χ0v) is 15.9. The highest BCUT2D eigenvalue weighted by Crippen LogP contribution is 2.22. The van der Waals surface area contributed by atoms with Gasteiger partial charge in [0.05, 0.1) is 29.7 Å². The third kappa shape index (κ3) is 4.86. The second-order valence-corrected chi connectivity index (χ2v) is 6.22. The summed E-state index contributed by atoms with van der Waals surface area (Å²) in [6.07, 6.45) is 1.57. The molecule has 3 aromatic rings. The van der Waals surface area contributed by atoms with E-state index in [0.29, 0.717) is 39.9 Å². The summed E-state index contributed by atoms with van der Waals surface area (Å²) in [7, 11) is 0. The van der Waals surface area contributed by atoms with Crippen molar-refractivity contribution in [2.75, 3.05) is 17.2 Å². The minimum Gasteiger partial charge on any atom is -0.462 e. The van der Waals surface area contributed by atoms with Crippen LogP contribution < -0.4 is 10.6 Å². The van der Waals surface area contributed by atoms with Gasteiger partial charge in [-0.15, -0.1) is 0 Å². The summed E-state index contributed by atoms with van der Waals surface area (Å²) in [6, 6.07) is 17.1. The van der Waals surface area contributed by atoms with Crippen LogP contribution in [0.4, 0.5) is 17.2 Å². The maximum atomic E-state index is 12.2. The second kappa shape index (κ2) is 9.01. The van der Waals surface area contributed by atoms with Gasteiger partial charge in [-0.05, 0) is 55.5 Å². The van der Waals surface area contributed by atoms with Gasteiger partial charge < -0.3 is 15.4 Å². The maximum Gasteiger partial charge on any atom is 0.340 e. The number of carbonyl (C=O) groups excluding carboxylic acids is 2. The fourth-order valence-electron chi connectivity index (χ4n) is 2.47. The molecule has 6 nitrogen and oxygen atoms in total. The van der Waals surface area contributed by atoms with Crippen molar-refractivity contribution in [1.82, 2.24) is 4.98 Å². The molecule has 0 fully saturated rings. The Morgan fingerprint density at radius 3 is 2.46 bits per heavy atom. The molecule has 0 bridgehead atoms. The van der Waals surface area contributed by atoms with Crippen molar-refractivity contribution in [1.29, 1.82) is 0 Å². The van der Waals surface area contributed by atoms with E-state index < -0.39 is 5.97 Å². The van der Waals surface area contributed by atoms with E-state index in [4.69, 9.17) is 16.3 Å². The number of ether oxygens (including phenoxy) is 1. The topological polar surface area (TPSA) is 80.3 Å². The number of halogens is 1. The number of carbonyl (C=O) groups is 2. The summed E-state index contributed by atoms with van der Waals surface area (Å²) < 4.78 is 5.07. The van der Waals surface area contributed by atoms with Crippen molar-refractivity contribution in [3.05, 3.63) is 83.0 Å². The summed E-state index contributed by atoms with van der Waals surface area (Å²) in [5.74, 6) is -0.271. The first kappa shape index (κ1) is 19.4. The fourth-order valence-corrected chi connectivity index (χ4v) is 2.59. The van der Waals surface area contributed by atoms with E-state index >= 15 is 0 Å². The lowest BCUT2D eigenvalue weighted by atomic mass is 10.1. The molecular formula is C21H18ClN3O3. The van der Waals surface area contributed by atoms with E-state index in [2.05, 4.69) is 15.6 Å². The predicted octanol–water partition coefficient (Wildman–Crippen LogP) is 4.91. The standard InChI is InChI=1S/C21H18ClN3O3/c1-2-28-21(27)17-5-3-4-6-18(17)24-16-11-12-19(23-13-16)25-20(26)14-7-9-15(22)10-8-14/h3-13,24H,2H2,1H3,(H,23,25,26). The Balaban J connectivity index is 1.69. The van der Waals surface area contributed by atoms with E-state index in [0.717, 1.165) is 0 Å². The number of rotatable bonds is 6. The molecule has 1 aromatic heterocycles. The van der Waals surface area contributed by atoms with Crippen molar-refractivity contribution in [2.45, 2.75) is 6.92 Å². The largest absolute Gasteiger partial charge is 0.462 e. The zero-order chi connectivity index (χ0) is 19.9. The van der Waals surface area contributed by atoms with Crippen LogP contribution in [0.5, 0.6) is 0 Å². The number of esters is 1. The Kier molecular flexibility index (Phi) is 6.24. The van der Waals surface area contributed by atoms with Crippen LogP contribution in [-0.2, 0) is 4.74 Å². The summed E-state index contributed by atoms with van der Waals surface area (Å²) in [6.45, 7) is 2.06. The van der Waals surface area contributed by atoms with Crippen LogP contribution in [-0.4, -0.2) is 23.5 Å². The van der Waals surface area contributed by atoms with Crippen molar-refractivity contribution in [2.24, 2.45) is 0 Å². The molecule has 0 saturated heterocycles. The highest BCUT2D eigenvalue weighted by Gasteiger charge is 2.12. The fraction of sp³-hybridized carbons (Fsp3) is 0.0952. The van der Waals surface area contributed by atoms with Gasteiger partial charge in [0.2, 0.25) is 0 Å². The molecule has 0 aliphatic carbocycles. The van der Waals surface area contributed by atoms with E-state index in [9.17, 15) is 9.59 Å². The van der Waals surface area contributed by atoms with Gasteiger partial charge in [-0.1, -0.05) is 23.7 Å². The zero-order valence-electron chi connectivity index (χ0n) is 15.1. The van der Waals surface area contributed by atoms with Crippen LogP contribution in [0.25, 0.3) is 0 Å². The lowest BCUT2D eigenvalue weighted by molar-refractivity contribution is 0.0527. The smallest absolute Gasteiger partial charge is 0.340 e. The van der Waals surface area contributed by atoms with Crippen molar-refractivity contribution < 1.29 is 14.3 Å². The minimum absolute atomic E-state index is 0.280. The molecule has 0 unspecified atom stereocenters. The van der Waals surface area contributed by atoms with Crippen LogP contribution in [0.2, 0.25) is 5.02 Å². The van der Waals surface area contributed by atoms with E-state index in [-0.39, 0.29) is 5.91 Å². The van der Waals surface area contributed by atoms with Crippen LogP contribution in [0.1, 0.15) is 27.6 Å². The number of amides is 1. The second-order valence-electron chi connectivity index (χ2n) is 5.78. The van der Waals surface area contributed by atoms with Crippen molar-refractivity contribution in [3.63, 3.8) is 0 Å². The van der Waals surface area contributed by atoms with Crippen LogP contribution in [0, 0.1) is 0 Å². The molecule has 0 aliphatic rings. The average molecular weight is 396 g/mol. The molecule has 1 heterocycles. The van der Waals surface area contributed by atoms with Crippen molar-refractivity contribution >= 4 is 40.7 Å². The first-order chi connectivity index (χ1) is 13.6. The van der Waals surface area contributed by atoms with Gasteiger partial charge in [0.1, 0.15) is 5.82 Å². The van der Waals surface area contributed by atoms with Gasteiger partial charge in [-0.25, -0.2) is 9.78 Å². The van der Waals surface area contributed by atoms with Gasteiger partial charge in [-0.2, -0.15) is 0 Å². The SMILES string of the molecule is CCOC(=O)c1ccccc1Nc1ccc(NC(=O)c2ccc(Cl)cc2)nc1. The number of para-hydroxylation sites is 1. The monoisotopic (exact) mass is 395 g/mol. The highest BCUT2D eigenvalue weighted by molar-refractivity contribution is 6.30. The van der Waals surface area contributed by atoms with Gasteiger partial charge in [0, 0.05) is 10.6 Å². The van der Waals surface area contributed by atoms with Crippen LogP contribution >= 0.6 is 11.6 Å². The molecule has 0 radical (unpaired) electrons. The van der Waals surface area contributed by atoms with Crippen LogP contribution in [0.3, 0.4) is 0 Å². The molecule has 1 amide bonds. The predicted molar refractivity (Wildman–Crippen MR) is 109 cm³/mol. The van der Waals surface area contributed by atoms with Gasteiger partial charge >= 0.3 is 5.97 Å². The molecule has 2 aromatic carbocycles. The molecule has 142 valence electrons. The van der Waals surface area contributed by atoms with E-state index in [1.807, 2.05) is 6.07 Å². The van der Waals surface area contributed by atoms with Gasteiger partial charge in [-0.3, -0.25) is 4.79 Å². The third-order valence-corrected chi connectivity index (χ3v) is 4.06. The molecule has 0 aliphatic heterocycles. The molecule has 2 N–H and O–H groups in total. The summed E-state index contributed by atoms with van der Waals surface area (Å²) in [5.41, 5.74) is 2.20. The lowest BCUT2D eigenvalue weighted by Gasteiger charge is -2.11. The Labute approximate surface area is 167 Å². The quantitative estimate of drug-likeness (QED) is 0.580. The molecular weight excluding hydrogens is 378 g/mol. The molecule has 0 saturated carbocycles. The Morgan fingerprint density at radius 1 is 1.04 bits per heavy atom. The normalized spacial score (nSPS) is 10.2. The van der Waals surface area contributed by atoms with Gasteiger partial charge in [0.25, 0.3) is 5.91 Å². The maximum absolute atomic E-state index is 12.2. The van der Waals surface area contributed by atoms with E-state index in [1.165, 1.54) is 0 Å². The number of pyridine rings is 1. The Bertz CT molecular complexity index is 973. The number of nitrogens with one attached hydrogen (secondary N) is 2. The lowest BCUT2D eigenvalue weighted by Crippen LogP contribution is -2.12. The van der Waals surface area contributed by atoms with Crippen LogP contribution in [0.15, 0.2) is 66.9 Å². The number of nitrogens with zero attached hydrogens (tertiary/aromatic N) is 1. The molecule has 0 atom stereocenters. The molecule has 3 rings (SSSR count). The first-order valence-corrected chi connectivity index (χ1v) is 9.00. The number of hydrogen-bond donors (Lipinski definition) is 2.